The second kappa shape index (κ2) is 14.1. The number of quaternary nitrogens is 1. The highest BCUT2D eigenvalue weighted by atomic mass is 31.2. The molecule has 0 rings (SSSR count). The van der Waals surface area contributed by atoms with Gasteiger partial charge in [-0.15, -0.1) is 0 Å². The molecule has 0 radical (unpaired) electrons. The Morgan fingerprint density at radius 1 is 0.964 bits per heavy atom. The zero-order chi connectivity index (χ0) is 21.6. The monoisotopic (exact) mass is 426 g/mol. The van der Waals surface area contributed by atoms with Crippen LogP contribution in [0.2, 0.25) is 0 Å². The number of carbonyl (C=O) groups is 2. The van der Waals surface area contributed by atoms with E-state index in [-0.39, 0.29) is 26.1 Å². The number of phosphoric acid groups is 1. The van der Waals surface area contributed by atoms with Crippen LogP contribution in [0.25, 0.3) is 0 Å². The van der Waals surface area contributed by atoms with Crippen molar-refractivity contribution in [1.29, 1.82) is 0 Å². The maximum Gasteiger partial charge on any atom is 0.472 e. The second-order valence-electron chi connectivity index (χ2n) is 7.61. The van der Waals surface area contributed by atoms with Crippen LogP contribution in [0.4, 0.5) is 0 Å². The molecule has 0 spiro atoms. The number of unbranched alkanes of at least 4 members (excludes halogenated alkanes) is 2. The molecule has 10 heteroatoms. The van der Waals surface area contributed by atoms with Gasteiger partial charge in [0.1, 0.15) is 19.8 Å². The van der Waals surface area contributed by atoms with Crippen molar-refractivity contribution in [3.8, 4) is 0 Å². The second-order valence-corrected chi connectivity index (χ2v) is 9.07. The van der Waals surface area contributed by atoms with Gasteiger partial charge in [0, 0.05) is 12.8 Å². The average Bonchev–Trinajstić information content (AvgIpc) is 2.59. The maximum absolute atomic E-state index is 12.0. The molecular formula is C18H37NO8P+. The zero-order valence-corrected chi connectivity index (χ0v) is 18.7. The molecule has 0 aliphatic heterocycles. The van der Waals surface area contributed by atoms with Crippen molar-refractivity contribution in [3.63, 3.8) is 0 Å². The van der Waals surface area contributed by atoms with E-state index in [0.29, 0.717) is 23.9 Å². The highest BCUT2D eigenvalue weighted by molar-refractivity contribution is 7.47. The normalized spacial score (nSPS) is 14.9. The lowest BCUT2D eigenvalue weighted by Gasteiger charge is -2.24. The lowest BCUT2D eigenvalue weighted by atomic mass is 10.2. The minimum Gasteiger partial charge on any atom is -0.462 e. The van der Waals surface area contributed by atoms with Gasteiger partial charge in [0.05, 0.1) is 27.7 Å². The molecule has 0 saturated carbocycles. The van der Waals surface area contributed by atoms with Crippen LogP contribution in [0.5, 0.6) is 0 Å². The van der Waals surface area contributed by atoms with Crippen molar-refractivity contribution in [2.45, 2.75) is 58.5 Å². The third-order valence-corrected chi connectivity index (χ3v) is 4.62. The van der Waals surface area contributed by atoms with E-state index in [9.17, 15) is 19.0 Å². The van der Waals surface area contributed by atoms with E-state index in [4.69, 9.17) is 18.5 Å². The number of hydrogen-bond acceptors (Lipinski definition) is 7. The molecule has 0 aromatic heterocycles. The highest BCUT2D eigenvalue weighted by Gasteiger charge is 2.26. The molecule has 9 nitrogen and oxygen atoms in total. The summed E-state index contributed by atoms with van der Waals surface area (Å²) in [7, 11) is 1.46. The Balaban J connectivity index is 4.60. The van der Waals surface area contributed by atoms with Crippen molar-refractivity contribution in [1.82, 2.24) is 0 Å². The molecule has 166 valence electrons. The molecule has 0 aromatic rings. The first kappa shape index (κ1) is 27.0. The molecular weight excluding hydrogens is 389 g/mol. The summed E-state index contributed by atoms with van der Waals surface area (Å²) in [5, 5.41) is 0. The van der Waals surface area contributed by atoms with Gasteiger partial charge in [-0.3, -0.25) is 18.6 Å². The van der Waals surface area contributed by atoms with E-state index in [2.05, 4.69) is 0 Å². The van der Waals surface area contributed by atoms with Gasteiger partial charge in [-0.25, -0.2) is 4.57 Å². The molecule has 0 aliphatic rings. The average molecular weight is 426 g/mol. The van der Waals surface area contributed by atoms with Crippen molar-refractivity contribution in [2.75, 3.05) is 47.5 Å². The van der Waals surface area contributed by atoms with Gasteiger partial charge in [0.15, 0.2) is 6.10 Å². The Morgan fingerprint density at radius 2 is 1.54 bits per heavy atom. The summed E-state index contributed by atoms with van der Waals surface area (Å²) in [6.45, 7) is 3.80. The Bertz CT molecular complexity index is 506. The molecule has 0 aliphatic carbocycles. The SMILES string of the molecule is CCCCC(=O)OC[C@@H](COP(=O)(O)OCC[N+](C)(C)C)OC(=O)CCCC. The van der Waals surface area contributed by atoms with Gasteiger partial charge in [0.25, 0.3) is 0 Å². The van der Waals surface area contributed by atoms with Gasteiger partial charge in [-0.1, -0.05) is 26.7 Å². The quantitative estimate of drug-likeness (QED) is 0.228. The Labute approximate surface area is 168 Å². The van der Waals surface area contributed by atoms with Crippen molar-refractivity contribution >= 4 is 19.8 Å². The van der Waals surface area contributed by atoms with Crippen molar-refractivity contribution < 1.29 is 42.1 Å². The lowest BCUT2D eigenvalue weighted by molar-refractivity contribution is -0.870. The summed E-state index contributed by atoms with van der Waals surface area (Å²) in [4.78, 5) is 33.3. The predicted octanol–water partition coefficient (Wildman–Crippen LogP) is 2.66. The number of hydrogen-bond donors (Lipinski definition) is 1. The summed E-state index contributed by atoms with van der Waals surface area (Å²) in [5.41, 5.74) is 0. The first-order valence-corrected chi connectivity index (χ1v) is 11.3. The number of likely N-dealkylation sites (N-methyl/N-ethyl adjacent to an activating group) is 1. The van der Waals surface area contributed by atoms with Crippen LogP contribution in [-0.2, 0) is 32.7 Å². The fourth-order valence-corrected chi connectivity index (χ4v) is 2.65. The molecule has 28 heavy (non-hydrogen) atoms. The minimum atomic E-state index is -4.30. The number of phosphoric ester groups is 1. The van der Waals surface area contributed by atoms with Gasteiger partial charge in [-0.05, 0) is 12.8 Å². The summed E-state index contributed by atoms with van der Waals surface area (Å²) < 4.78 is 32.7. The summed E-state index contributed by atoms with van der Waals surface area (Å²) >= 11 is 0. The first-order valence-electron chi connectivity index (χ1n) is 9.76. The molecule has 1 unspecified atom stereocenters. The summed E-state index contributed by atoms with van der Waals surface area (Å²) in [6.07, 6.45) is 2.55. The van der Waals surface area contributed by atoms with E-state index in [1.165, 1.54) is 0 Å². The van der Waals surface area contributed by atoms with E-state index in [1.54, 1.807) is 0 Å². The Morgan fingerprint density at radius 3 is 2.07 bits per heavy atom. The smallest absolute Gasteiger partial charge is 0.462 e. The van der Waals surface area contributed by atoms with Crippen LogP contribution in [0, 0.1) is 0 Å². The van der Waals surface area contributed by atoms with E-state index in [1.807, 2.05) is 35.0 Å². The van der Waals surface area contributed by atoms with Gasteiger partial charge < -0.3 is 18.9 Å². The number of ether oxygens (including phenoxy) is 2. The topological polar surface area (TPSA) is 108 Å². The molecule has 2 atom stereocenters. The Hall–Kier alpha value is -0.990. The number of nitrogens with zero attached hydrogens (tertiary/aromatic N) is 1. The number of rotatable bonds is 16. The largest absolute Gasteiger partial charge is 0.472 e. The minimum absolute atomic E-state index is 0.0320. The molecule has 0 heterocycles. The molecule has 0 saturated heterocycles. The van der Waals surface area contributed by atoms with E-state index < -0.39 is 32.5 Å². The van der Waals surface area contributed by atoms with Crippen molar-refractivity contribution in [3.05, 3.63) is 0 Å². The third-order valence-electron chi connectivity index (χ3n) is 3.64. The fourth-order valence-electron chi connectivity index (χ4n) is 1.91. The molecule has 0 aromatic carbocycles. The molecule has 0 fully saturated rings. The molecule has 1 N–H and O–H groups in total. The van der Waals surface area contributed by atoms with Gasteiger partial charge in [-0.2, -0.15) is 0 Å². The standard InChI is InChI=1S/C18H36NO8P/c1-6-8-10-17(20)24-14-16(27-18(21)11-9-7-2)15-26-28(22,23)25-13-12-19(3,4)5/h16H,6-15H2,1-5H3/p+1/t16-/m0/s1. The number of esters is 2. The zero-order valence-electron chi connectivity index (χ0n) is 17.8. The number of carbonyl (C=O) groups excluding carboxylic acids is 2. The summed E-state index contributed by atoms with van der Waals surface area (Å²) in [5.74, 6) is -0.887. The van der Waals surface area contributed by atoms with E-state index in [0.717, 1.165) is 12.8 Å². The maximum atomic E-state index is 12.0. The highest BCUT2D eigenvalue weighted by Crippen LogP contribution is 2.43. The predicted molar refractivity (Wildman–Crippen MR) is 105 cm³/mol. The lowest BCUT2D eigenvalue weighted by Crippen LogP contribution is -2.37. The van der Waals surface area contributed by atoms with Crippen LogP contribution in [0.1, 0.15) is 52.4 Å². The summed E-state index contributed by atoms with van der Waals surface area (Å²) in [6, 6.07) is 0. The van der Waals surface area contributed by atoms with Crippen LogP contribution >= 0.6 is 7.82 Å². The van der Waals surface area contributed by atoms with Gasteiger partial charge in [0.2, 0.25) is 0 Å². The van der Waals surface area contributed by atoms with Crippen molar-refractivity contribution in [2.24, 2.45) is 0 Å². The third kappa shape index (κ3) is 16.0. The van der Waals surface area contributed by atoms with Gasteiger partial charge >= 0.3 is 19.8 Å². The van der Waals surface area contributed by atoms with Crippen LogP contribution in [0.3, 0.4) is 0 Å². The van der Waals surface area contributed by atoms with Crippen LogP contribution in [0.15, 0.2) is 0 Å². The van der Waals surface area contributed by atoms with Crippen LogP contribution in [-0.4, -0.2) is 74.9 Å². The first-order chi connectivity index (χ1) is 13.0. The Kier molecular flexibility index (Phi) is 13.6. The molecule has 0 bridgehead atoms. The van der Waals surface area contributed by atoms with Crippen LogP contribution < -0.4 is 0 Å². The molecule has 0 amide bonds. The fraction of sp³-hybridized carbons (Fsp3) is 0.889. The van der Waals surface area contributed by atoms with E-state index >= 15 is 0 Å².